The Morgan fingerprint density at radius 2 is 2.23 bits per heavy atom. The van der Waals surface area contributed by atoms with Crippen molar-refractivity contribution in [1.82, 2.24) is 15.5 Å². The lowest BCUT2D eigenvalue weighted by molar-refractivity contribution is 0.0963. The van der Waals surface area contributed by atoms with Gasteiger partial charge in [0.2, 0.25) is 0 Å². The highest BCUT2D eigenvalue weighted by atomic mass is 16.6. The summed E-state index contributed by atoms with van der Waals surface area (Å²) in [5, 5.41) is 6.82. The zero-order valence-electron chi connectivity index (χ0n) is 15.8. The molecule has 1 saturated heterocycles. The summed E-state index contributed by atoms with van der Waals surface area (Å²) in [6.45, 7) is 10.8. The van der Waals surface area contributed by atoms with Gasteiger partial charge in [-0.1, -0.05) is 12.2 Å². The van der Waals surface area contributed by atoms with Crippen molar-refractivity contribution < 1.29 is 13.9 Å². The van der Waals surface area contributed by atoms with Crippen molar-refractivity contribution in [3.8, 4) is 0 Å². The first-order valence-corrected chi connectivity index (χ1v) is 9.21. The van der Waals surface area contributed by atoms with Gasteiger partial charge in [-0.05, 0) is 38.8 Å². The van der Waals surface area contributed by atoms with E-state index in [4.69, 9.17) is 9.15 Å². The molecule has 1 aromatic heterocycles. The van der Waals surface area contributed by atoms with Crippen LogP contribution in [0.15, 0.2) is 40.0 Å². The molecule has 1 fully saturated rings. The lowest BCUT2D eigenvalue weighted by atomic mass is 10.1. The number of hydrogen-bond acceptors (Lipinski definition) is 4. The molecule has 2 N–H and O–H groups in total. The van der Waals surface area contributed by atoms with Crippen molar-refractivity contribution in [3.63, 3.8) is 0 Å². The van der Waals surface area contributed by atoms with Crippen LogP contribution in [0.2, 0.25) is 0 Å². The molecule has 1 aromatic rings. The molecule has 1 aliphatic rings. The second-order valence-corrected chi connectivity index (χ2v) is 6.48. The van der Waals surface area contributed by atoms with Crippen LogP contribution >= 0.6 is 0 Å². The van der Waals surface area contributed by atoms with Gasteiger partial charge in [-0.3, -0.25) is 0 Å². The normalized spacial score (nSPS) is 15.6. The zero-order valence-corrected chi connectivity index (χ0v) is 15.8. The summed E-state index contributed by atoms with van der Waals surface area (Å²) >= 11 is 0. The number of ether oxygens (including phenoxy) is 1. The Morgan fingerprint density at radius 3 is 2.85 bits per heavy atom. The Kier molecular flexibility index (Phi) is 8.05. The fraction of sp³-hybridized carbons (Fsp3) is 0.579. The van der Waals surface area contributed by atoms with Gasteiger partial charge in [0.15, 0.2) is 5.96 Å². The van der Waals surface area contributed by atoms with E-state index in [-0.39, 0.29) is 12.1 Å². The Bertz CT molecular complexity index is 590. The maximum atomic E-state index is 11.8. The minimum atomic E-state index is -0.223. The third-order valence-electron chi connectivity index (χ3n) is 4.11. The van der Waals surface area contributed by atoms with Crippen LogP contribution in [0.5, 0.6) is 0 Å². The quantitative estimate of drug-likeness (QED) is 0.443. The lowest BCUT2D eigenvalue weighted by Crippen LogP contribution is -2.50. The number of nitrogens with zero attached hydrogens (tertiary/aromatic N) is 2. The summed E-state index contributed by atoms with van der Waals surface area (Å²) in [6, 6.07) is 4.13. The van der Waals surface area contributed by atoms with Crippen molar-refractivity contribution in [3.05, 3.63) is 36.3 Å². The van der Waals surface area contributed by atoms with Gasteiger partial charge in [-0.2, -0.15) is 0 Å². The maximum absolute atomic E-state index is 11.8. The molecule has 7 nitrogen and oxygen atoms in total. The predicted molar refractivity (Wildman–Crippen MR) is 102 cm³/mol. The predicted octanol–water partition coefficient (Wildman–Crippen LogP) is 2.55. The molecule has 26 heavy (non-hydrogen) atoms. The number of aliphatic imine (C=N–C) groups is 1. The Labute approximate surface area is 155 Å². The van der Waals surface area contributed by atoms with Crippen LogP contribution in [0.25, 0.3) is 0 Å². The number of rotatable bonds is 7. The minimum Gasteiger partial charge on any atom is -0.469 e. The van der Waals surface area contributed by atoms with Gasteiger partial charge >= 0.3 is 6.09 Å². The second-order valence-electron chi connectivity index (χ2n) is 6.48. The summed E-state index contributed by atoms with van der Waals surface area (Å²) in [5.74, 6) is 1.72. The highest BCUT2D eigenvalue weighted by molar-refractivity contribution is 5.80. The molecule has 0 aromatic carbocycles. The number of nitrogens with one attached hydrogen (secondary N) is 2. The molecule has 0 spiro atoms. The molecule has 0 aliphatic carbocycles. The van der Waals surface area contributed by atoms with Crippen molar-refractivity contribution in [2.24, 2.45) is 4.99 Å². The first-order chi connectivity index (χ1) is 12.6. The largest absolute Gasteiger partial charge is 0.469 e. The van der Waals surface area contributed by atoms with E-state index < -0.39 is 0 Å². The molecule has 144 valence electrons. The van der Waals surface area contributed by atoms with Crippen LogP contribution in [0.3, 0.4) is 0 Å². The number of piperidine rings is 1. The van der Waals surface area contributed by atoms with Crippen molar-refractivity contribution in [2.45, 2.75) is 39.2 Å². The van der Waals surface area contributed by atoms with E-state index in [2.05, 4.69) is 22.2 Å². The summed E-state index contributed by atoms with van der Waals surface area (Å²) in [7, 11) is 0. The van der Waals surface area contributed by atoms with E-state index in [1.807, 2.05) is 26.0 Å². The minimum absolute atomic E-state index is 0.223. The second kappa shape index (κ2) is 10.5. The zero-order chi connectivity index (χ0) is 18.8. The maximum Gasteiger partial charge on any atom is 0.409 e. The average molecular weight is 362 g/mol. The van der Waals surface area contributed by atoms with Gasteiger partial charge in [-0.15, -0.1) is 0 Å². The first kappa shape index (κ1) is 19.9. The molecule has 1 amide bonds. The molecular formula is C19H30N4O3. The van der Waals surface area contributed by atoms with Crippen molar-refractivity contribution >= 4 is 12.1 Å². The fourth-order valence-electron chi connectivity index (χ4n) is 2.74. The molecule has 2 rings (SSSR count). The lowest BCUT2D eigenvalue weighted by Gasteiger charge is -2.32. The topological polar surface area (TPSA) is 79.1 Å². The number of hydrogen-bond donors (Lipinski definition) is 2. The van der Waals surface area contributed by atoms with E-state index in [9.17, 15) is 4.79 Å². The molecule has 0 bridgehead atoms. The van der Waals surface area contributed by atoms with Crippen LogP contribution < -0.4 is 10.6 Å². The smallest absolute Gasteiger partial charge is 0.409 e. The number of likely N-dealkylation sites (tertiary alicyclic amines) is 1. The first-order valence-electron chi connectivity index (χ1n) is 9.21. The number of carbonyl (C=O) groups excluding carboxylic acids is 1. The molecule has 1 aliphatic heterocycles. The SMILES string of the molecule is C=C(C)CN=C(NCCc1ccco1)NC1CCN(C(=O)OCC)CC1. The molecular weight excluding hydrogens is 332 g/mol. The Morgan fingerprint density at radius 1 is 1.46 bits per heavy atom. The van der Waals surface area contributed by atoms with Crippen LogP contribution in [0.4, 0.5) is 4.79 Å². The standard InChI is InChI=1S/C19H30N4O3/c1-4-25-19(24)23-11-8-16(9-12-23)22-18(21-14-15(2)3)20-10-7-17-6-5-13-26-17/h5-6,13,16H,2,4,7-12,14H2,1,3H3,(H2,20,21,22). The van der Waals surface area contributed by atoms with E-state index in [1.54, 1.807) is 11.2 Å². The third-order valence-corrected chi connectivity index (χ3v) is 4.11. The number of guanidine groups is 1. The van der Waals surface area contributed by atoms with Crippen LogP contribution in [0, 0.1) is 0 Å². The van der Waals surface area contributed by atoms with Gasteiger partial charge in [0.05, 0.1) is 19.4 Å². The summed E-state index contributed by atoms with van der Waals surface area (Å²) < 4.78 is 10.4. The number of furan rings is 1. The Balaban J connectivity index is 1.81. The number of carbonyl (C=O) groups is 1. The van der Waals surface area contributed by atoms with Gasteiger partial charge in [0.1, 0.15) is 5.76 Å². The summed E-state index contributed by atoms with van der Waals surface area (Å²) in [5.41, 5.74) is 1.01. The molecule has 2 heterocycles. The molecule has 0 radical (unpaired) electrons. The molecule has 0 unspecified atom stereocenters. The fourth-order valence-corrected chi connectivity index (χ4v) is 2.74. The van der Waals surface area contributed by atoms with E-state index >= 15 is 0 Å². The third kappa shape index (κ3) is 6.82. The van der Waals surface area contributed by atoms with Gasteiger partial charge in [0.25, 0.3) is 0 Å². The van der Waals surface area contributed by atoms with Crippen LogP contribution in [-0.4, -0.2) is 55.8 Å². The monoisotopic (exact) mass is 362 g/mol. The van der Waals surface area contributed by atoms with E-state index in [0.717, 1.165) is 43.1 Å². The van der Waals surface area contributed by atoms with Crippen LogP contribution in [-0.2, 0) is 11.2 Å². The van der Waals surface area contributed by atoms with Gasteiger partial charge < -0.3 is 24.7 Å². The molecule has 0 saturated carbocycles. The number of amides is 1. The van der Waals surface area contributed by atoms with E-state index in [1.165, 1.54) is 0 Å². The van der Waals surface area contributed by atoms with Gasteiger partial charge in [-0.25, -0.2) is 9.79 Å². The van der Waals surface area contributed by atoms with Gasteiger partial charge in [0, 0.05) is 32.1 Å². The molecule has 0 atom stereocenters. The summed E-state index contributed by atoms with van der Waals surface area (Å²) in [4.78, 5) is 18.1. The van der Waals surface area contributed by atoms with Crippen molar-refractivity contribution in [2.75, 3.05) is 32.8 Å². The van der Waals surface area contributed by atoms with E-state index in [0.29, 0.717) is 26.2 Å². The molecule has 7 heteroatoms. The highest BCUT2D eigenvalue weighted by Gasteiger charge is 2.24. The van der Waals surface area contributed by atoms with Crippen LogP contribution in [0.1, 0.15) is 32.4 Å². The van der Waals surface area contributed by atoms with Crippen molar-refractivity contribution in [1.29, 1.82) is 0 Å². The highest BCUT2D eigenvalue weighted by Crippen LogP contribution is 2.11. The Hall–Kier alpha value is -2.44. The summed E-state index contributed by atoms with van der Waals surface area (Å²) in [6.07, 6.45) is 3.98. The average Bonchev–Trinajstić information content (AvgIpc) is 3.13.